The molecule has 1 aliphatic rings. The maximum atomic E-state index is 6.15. The number of pyridine rings is 2. The van der Waals surface area contributed by atoms with Gasteiger partial charge < -0.3 is 9.30 Å². The predicted octanol–water partition coefficient (Wildman–Crippen LogP) is 4.85. The summed E-state index contributed by atoms with van der Waals surface area (Å²) in [6, 6.07) is 16.3. The molecule has 0 N–H and O–H groups in total. The molecular formula is C25H26ClN5. The zero-order chi connectivity index (χ0) is 21.2. The summed E-state index contributed by atoms with van der Waals surface area (Å²) in [6.45, 7) is 5.27. The molecule has 0 bridgehead atoms. The molecule has 1 aromatic carbocycles. The van der Waals surface area contributed by atoms with E-state index in [1.165, 1.54) is 12.1 Å². The lowest BCUT2D eigenvalue weighted by Gasteiger charge is -2.20. The molecule has 31 heavy (non-hydrogen) atoms. The Morgan fingerprint density at radius 3 is 2.55 bits per heavy atom. The number of imidazole rings is 1. The van der Waals surface area contributed by atoms with Crippen LogP contribution in [0.3, 0.4) is 0 Å². The minimum atomic E-state index is 0.739. The van der Waals surface area contributed by atoms with Crippen molar-refractivity contribution in [3.05, 3.63) is 77.8 Å². The summed E-state index contributed by atoms with van der Waals surface area (Å²) in [5.74, 6) is 0. The highest BCUT2D eigenvalue weighted by Crippen LogP contribution is 2.29. The van der Waals surface area contributed by atoms with Gasteiger partial charge in [-0.3, -0.25) is 9.88 Å². The van der Waals surface area contributed by atoms with Gasteiger partial charge in [0.25, 0.3) is 0 Å². The molecule has 0 saturated carbocycles. The van der Waals surface area contributed by atoms with Crippen molar-refractivity contribution in [3.63, 3.8) is 0 Å². The van der Waals surface area contributed by atoms with E-state index in [2.05, 4.69) is 62.8 Å². The number of benzene rings is 1. The van der Waals surface area contributed by atoms with Gasteiger partial charge in [-0.1, -0.05) is 29.8 Å². The lowest BCUT2D eigenvalue weighted by molar-refractivity contribution is 0.266. The molecule has 0 amide bonds. The lowest BCUT2D eigenvalue weighted by atomic mass is 10.1. The zero-order valence-electron chi connectivity index (χ0n) is 17.7. The second-order valence-corrected chi connectivity index (χ2v) is 8.67. The van der Waals surface area contributed by atoms with Crippen LogP contribution in [-0.4, -0.2) is 57.4 Å². The van der Waals surface area contributed by atoms with Crippen molar-refractivity contribution in [2.45, 2.75) is 13.0 Å². The lowest BCUT2D eigenvalue weighted by Crippen LogP contribution is -2.29. The number of aromatic nitrogens is 3. The van der Waals surface area contributed by atoms with Crippen LogP contribution in [0, 0.1) is 0 Å². The number of likely N-dealkylation sites (N-methyl/N-ethyl adjacent to an activating group) is 1. The van der Waals surface area contributed by atoms with Crippen LogP contribution >= 0.6 is 11.6 Å². The largest absolute Gasteiger partial charge is 0.305 e. The normalized spacial score (nSPS) is 15.9. The molecule has 0 radical (unpaired) electrons. The van der Waals surface area contributed by atoms with E-state index < -0.39 is 0 Å². The van der Waals surface area contributed by atoms with Gasteiger partial charge in [0, 0.05) is 59.9 Å². The number of nitrogens with zero attached hydrogens (tertiary/aromatic N) is 5. The average Bonchev–Trinajstić information content (AvgIpc) is 3.02. The molecule has 3 aromatic heterocycles. The Labute approximate surface area is 187 Å². The van der Waals surface area contributed by atoms with E-state index in [0.29, 0.717) is 0 Å². The number of hydrogen-bond donors (Lipinski definition) is 0. The first-order chi connectivity index (χ1) is 15.2. The molecule has 5 nitrogen and oxygen atoms in total. The van der Waals surface area contributed by atoms with Gasteiger partial charge in [0.05, 0.1) is 11.4 Å². The Hall–Kier alpha value is -2.73. The van der Waals surface area contributed by atoms with Crippen molar-refractivity contribution in [3.8, 4) is 22.4 Å². The smallest absolute Gasteiger partial charge is 0.137 e. The molecule has 0 aliphatic carbocycles. The Morgan fingerprint density at radius 1 is 0.903 bits per heavy atom. The molecule has 1 aliphatic heterocycles. The highest BCUT2D eigenvalue weighted by Gasteiger charge is 2.19. The molecule has 5 rings (SSSR count). The van der Waals surface area contributed by atoms with Gasteiger partial charge in [0.15, 0.2) is 0 Å². The molecule has 1 saturated heterocycles. The minimum absolute atomic E-state index is 0.739. The molecule has 0 unspecified atom stereocenters. The molecule has 0 spiro atoms. The molecule has 4 heterocycles. The summed E-state index contributed by atoms with van der Waals surface area (Å²) >= 11 is 6.15. The Morgan fingerprint density at radius 2 is 1.74 bits per heavy atom. The fourth-order valence-corrected chi connectivity index (χ4v) is 4.38. The van der Waals surface area contributed by atoms with Crippen LogP contribution in [0.4, 0.5) is 0 Å². The summed E-state index contributed by atoms with van der Waals surface area (Å²) in [5.41, 5.74) is 6.54. The van der Waals surface area contributed by atoms with Crippen LogP contribution in [0.1, 0.15) is 12.1 Å². The first kappa shape index (κ1) is 20.2. The van der Waals surface area contributed by atoms with Gasteiger partial charge in [-0.15, -0.1) is 0 Å². The molecule has 1 fully saturated rings. The number of hydrogen-bond acceptors (Lipinski definition) is 4. The SMILES string of the molecule is CN1CCCN(Cc2c(-c3ccc(Cl)cc3)nc3ccc(-c4cccnc4)cn23)CC1. The van der Waals surface area contributed by atoms with Crippen LogP contribution < -0.4 is 0 Å². The van der Waals surface area contributed by atoms with Crippen LogP contribution in [0.5, 0.6) is 0 Å². The number of fused-ring (bicyclic) bond motifs is 1. The quantitative estimate of drug-likeness (QED) is 0.462. The summed E-state index contributed by atoms with van der Waals surface area (Å²) < 4.78 is 2.25. The molecular weight excluding hydrogens is 406 g/mol. The topological polar surface area (TPSA) is 36.7 Å². The van der Waals surface area contributed by atoms with E-state index in [-0.39, 0.29) is 0 Å². The second-order valence-electron chi connectivity index (χ2n) is 8.23. The Balaban J connectivity index is 1.60. The summed E-state index contributed by atoms with van der Waals surface area (Å²) in [5, 5.41) is 0.739. The van der Waals surface area contributed by atoms with Crippen LogP contribution in [0.2, 0.25) is 5.02 Å². The standard InChI is InChI=1S/C25H26ClN5/c1-29-12-3-13-30(15-14-29)18-23-25(19-5-8-22(26)9-6-19)28-24-10-7-21(17-31(23)24)20-4-2-11-27-16-20/h2,4-11,16-17H,3,12-15,18H2,1H3. The molecule has 6 heteroatoms. The van der Waals surface area contributed by atoms with E-state index in [1.807, 2.05) is 24.4 Å². The van der Waals surface area contributed by atoms with Crippen molar-refractivity contribution in [1.29, 1.82) is 0 Å². The number of rotatable bonds is 4. The first-order valence-electron chi connectivity index (χ1n) is 10.8. The van der Waals surface area contributed by atoms with Gasteiger partial charge in [-0.25, -0.2) is 4.98 Å². The second kappa shape index (κ2) is 8.79. The monoisotopic (exact) mass is 431 g/mol. The summed E-state index contributed by atoms with van der Waals surface area (Å²) in [6.07, 6.45) is 7.09. The number of halogens is 1. The summed E-state index contributed by atoms with van der Waals surface area (Å²) in [7, 11) is 2.21. The van der Waals surface area contributed by atoms with Crippen LogP contribution in [0.25, 0.3) is 28.0 Å². The van der Waals surface area contributed by atoms with E-state index in [0.717, 1.165) is 65.8 Å². The van der Waals surface area contributed by atoms with Gasteiger partial charge >= 0.3 is 0 Å². The highest BCUT2D eigenvalue weighted by molar-refractivity contribution is 6.30. The van der Waals surface area contributed by atoms with Gasteiger partial charge in [-0.05, 0) is 56.9 Å². The first-order valence-corrected chi connectivity index (χ1v) is 11.1. The van der Waals surface area contributed by atoms with E-state index in [9.17, 15) is 0 Å². The zero-order valence-corrected chi connectivity index (χ0v) is 18.5. The van der Waals surface area contributed by atoms with Crippen molar-refractivity contribution in [2.24, 2.45) is 0 Å². The van der Waals surface area contributed by atoms with Gasteiger partial charge in [0.1, 0.15) is 5.65 Å². The predicted molar refractivity (Wildman–Crippen MR) is 126 cm³/mol. The molecule has 4 aromatic rings. The highest BCUT2D eigenvalue weighted by atomic mass is 35.5. The van der Waals surface area contributed by atoms with Crippen molar-refractivity contribution in [2.75, 3.05) is 33.2 Å². The molecule has 0 atom stereocenters. The third-order valence-corrected chi connectivity index (χ3v) is 6.27. The molecule has 158 valence electrons. The third-order valence-electron chi connectivity index (χ3n) is 6.02. The van der Waals surface area contributed by atoms with E-state index >= 15 is 0 Å². The fraction of sp³-hybridized carbons (Fsp3) is 0.280. The van der Waals surface area contributed by atoms with Crippen molar-refractivity contribution >= 4 is 17.2 Å². The van der Waals surface area contributed by atoms with Crippen molar-refractivity contribution in [1.82, 2.24) is 24.2 Å². The fourth-order valence-electron chi connectivity index (χ4n) is 4.26. The Kier molecular flexibility index (Phi) is 5.72. The third kappa shape index (κ3) is 4.35. The Bertz CT molecular complexity index is 1170. The maximum Gasteiger partial charge on any atom is 0.137 e. The van der Waals surface area contributed by atoms with Crippen molar-refractivity contribution < 1.29 is 0 Å². The van der Waals surface area contributed by atoms with E-state index in [1.54, 1.807) is 6.20 Å². The average molecular weight is 432 g/mol. The minimum Gasteiger partial charge on any atom is -0.305 e. The summed E-state index contributed by atoms with van der Waals surface area (Å²) in [4.78, 5) is 14.3. The van der Waals surface area contributed by atoms with Crippen LogP contribution in [0.15, 0.2) is 67.1 Å². The van der Waals surface area contributed by atoms with E-state index in [4.69, 9.17) is 16.6 Å². The van der Waals surface area contributed by atoms with Crippen LogP contribution in [-0.2, 0) is 6.54 Å². The van der Waals surface area contributed by atoms with Gasteiger partial charge in [-0.2, -0.15) is 0 Å². The van der Waals surface area contributed by atoms with Gasteiger partial charge in [0.2, 0.25) is 0 Å². The maximum absolute atomic E-state index is 6.15.